The van der Waals surface area contributed by atoms with Crippen LogP contribution in [0.15, 0.2) is 0 Å². The molecule has 0 atom stereocenters. The lowest BCUT2D eigenvalue weighted by atomic mass is 10.6. The number of imide groups is 1. The molecule has 12 heavy (non-hydrogen) atoms. The predicted octanol–water partition coefficient (Wildman–Crippen LogP) is -0.741. The van der Waals surface area contributed by atoms with Crippen molar-refractivity contribution < 1.29 is 19.5 Å². The summed E-state index contributed by atoms with van der Waals surface area (Å²) in [4.78, 5) is 31.0. The summed E-state index contributed by atoms with van der Waals surface area (Å²) in [5, 5.41) is 9.53. The lowest BCUT2D eigenvalue weighted by Crippen LogP contribution is -2.24. The highest BCUT2D eigenvalue weighted by Gasteiger charge is 2.21. The van der Waals surface area contributed by atoms with Crippen molar-refractivity contribution in [2.45, 2.75) is 6.92 Å². The number of carboxylic acids is 1. The summed E-state index contributed by atoms with van der Waals surface area (Å²) < 4.78 is 0. The highest BCUT2D eigenvalue weighted by Crippen LogP contribution is 1.90. The first-order valence-electron chi connectivity index (χ1n) is 3.18. The van der Waals surface area contributed by atoms with Crippen molar-refractivity contribution in [1.29, 1.82) is 0 Å². The summed E-state index contributed by atoms with van der Waals surface area (Å²) >= 11 is 0. The summed E-state index contributed by atoms with van der Waals surface area (Å²) in [6.45, 7) is 1.28. The first kappa shape index (κ1) is 10.4. The minimum atomic E-state index is -0.833. The summed E-state index contributed by atoms with van der Waals surface area (Å²) in [6, 6.07) is -0.310. The average molecular weight is 174 g/mol. The molecule has 1 rings (SSSR count). The van der Waals surface area contributed by atoms with Crippen LogP contribution < -0.4 is 5.32 Å². The van der Waals surface area contributed by atoms with E-state index in [9.17, 15) is 9.59 Å². The van der Waals surface area contributed by atoms with Gasteiger partial charge >= 0.3 is 6.03 Å². The first-order chi connectivity index (χ1) is 5.43. The van der Waals surface area contributed by atoms with Crippen LogP contribution in [0.25, 0.3) is 0 Å². The topological polar surface area (TPSA) is 86.7 Å². The van der Waals surface area contributed by atoms with Gasteiger partial charge in [0.2, 0.25) is 5.91 Å². The van der Waals surface area contributed by atoms with Crippen LogP contribution in [0.2, 0.25) is 0 Å². The van der Waals surface area contributed by atoms with Crippen LogP contribution in [0.5, 0.6) is 0 Å². The fourth-order valence-corrected chi connectivity index (χ4v) is 0.541. The number of aliphatic carboxylic acids is 1. The van der Waals surface area contributed by atoms with Gasteiger partial charge < -0.3 is 10.0 Å². The van der Waals surface area contributed by atoms with Gasteiger partial charge in [-0.2, -0.15) is 0 Å². The van der Waals surface area contributed by atoms with E-state index < -0.39 is 5.97 Å². The van der Waals surface area contributed by atoms with Gasteiger partial charge in [-0.1, -0.05) is 0 Å². The normalized spacial score (nSPS) is 15.0. The number of nitrogens with one attached hydrogen (secondary N) is 1. The maximum Gasteiger partial charge on any atom is 0.324 e. The van der Waals surface area contributed by atoms with E-state index in [-0.39, 0.29) is 18.5 Å². The number of likely N-dealkylation sites (N-methyl/N-ethyl adjacent to an activating group) is 1. The second-order valence-corrected chi connectivity index (χ2v) is 2.23. The number of rotatable bonds is 0. The number of hydrogen-bond donors (Lipinski definition) is 2. The van der Waals surface area contributed by atoms with Crippen LogP contribution in [-0.4, -0.2) is 41.5 Å². The summed E-state index contributed by atoms with van der Waals surface area (Å²) in [6.07, 6.45) is 0. The molecule has 0 aromatic rings. The molecule has 0 spiro atoms. The van der Waals surface area contributed by atoms with Crippen LogP contribution in [0.1, 0.15) is 6.92 Å². The number of carboxylic acid groups (broad SMARTS) is 1. The molecule has 0 saturated carbocycles. The van der Waals surface area contributed by atoms with Crippen molar-refractivity contribution >= 4 is 17.9 Å². The third-order valence-corrected chi connectivity index (χ3v) is 0.974. The molecule has 0 unspecified atom stereocenters. The molecule has 0 aromatic carbocycles. The lowest BCUT2D eigenvalue weighted by Gasteiger charge is -1.99. The smallest absolute Gasteiger partial charge is 0.324 e. The Labute approximate surface area is 69.2 Å². The van der Waals surface area contributed by atoms with Crippen LogP contribution in [0, 0.1) is 0 Å². The minimum Gasteiger partial charge on any atom is -0.481 e. The number of nitrogens with zero attached hydrogens (tertiary/aromatic N) is 1. The lowest BCUT2D eigenvalue weighted by molar-refractivity contribution is -0.134. The van der Waals surface area contributed by atoms with Crippen molar-refractivity contribution in [2.24, 2.45) is 0 Å². The van der Waals surface area contributed by atoms with Gasteiger partial charge in [0, 0.05) is 14.0 Å². The van der Waals surface area contributed by atoms with Gasteiger partial charge in [-0.15, -0.1) is 0 Å². The number of amides is 3. The second kappa shape index (κ2) is 4.32. The molecular weight excluding hydrogens is 164 g/mol. The Hall–Kier alpha value is -1.59. The summed E-state index contributed by atoms with van der Waals surface area (Å²) in [7, 11) is 1.57. The van der Waals surface area contributed by atoms with E-state index in [1.165, 1.54) is 4.90 Å². The standard InChI is InChI=1S/C4H6N2O2.C2H4O2/c1-6-2-3(7)5-4(6)8;1-2(3)4/h2H2,1H3,(H,5,7,8);1H3,(H,3,4). The van der Waals surface area contributed by atoms with E-state index in [0.29, 0.717) is 0 Å². The highest BCUT2D eigenvalue weighted by molar-refractivity contribution is 6.01. The third-order valence-electron chi connectivity index (χ3n) is 0.974. The van der Waals surface area contributed by atoms with Crippen LogP contribution in [0.3, 0.4) is 0 Å². The fourth-order valence-electron chi connectivity index (χ4n) is 0.541. The molecule has 1 aliphatic heterocycles. The van der Waals surface area contributed by atoms with Crippen molar-refractivity contribution in [3.8, 4) is 0 Å². The third kappa shape index (κ3) is 4.26. The van der Waals surface area contributed by atoms with E-state index in [0.717, 1.165) is 6.92 Å². The van der Waals surface area contributed by atoms with Crippen molar-refractivity contribution in [2.75, 3.05) is 13.6 Å². The number of urea groups is 1. The van der Waals surface area contributed by atoms with E-state index in [1.807, 2.05) is 0 Å². The van der Waals surface area contributed by atoms with E-state index in [1.54, 1.807) is 7.05 Å². The van der Waals surface area contributed by atoms with Crippen molar-refractivity contribution in [3.63, 3.8) is 0 Å². The molecule has 6 heteroatoms. The van der Waals surface area contributed by atoms with E-state index >= 15 is 0 Å². The molecule has 68 valence electrons. The zero-order valence-corrected chi connectivity index (χ0v) is 6.83. The Kier molecular flexibility index (Phi) is 3.75. The Balaban J connectivity index is 0.000000261. The van der Waals surface area contributed by atoms with Gasteiger partial charge in [-0.25, -0.2) is 4.79 Å². The number of carbonyl (C=O) groups is 3. The first-order valence-corrected chi connectivity index (χ1v) is 3.18. The van der Waals surface area contributed by atoms with E-state index in [4.69, 9.17) is 9.90 Å². The Morgan fingerprint density at radius 1 is 1.58 bits per heavy atom. The molecule has 1 heterocycles. The maximum absolute atomic E-state index is 10.4. The van der Waals surface area contributed by atoms with Gasteiger partial charge in [0.1, 0.15) is 6.54 Å². The Bertz CT molecular complexity index is 210. The second-order valence-electron chi connectivity index (χ2n) is 2.23. The van der Waals surface area contributed by atoms with Crippen LogP contribution >= 0.6 is 0 Å². The zero-order chi connectivity index (χ0) is 9.72. The largest absolute Gasteiger partial charge is 0.481 e. The Morgan fingerprint density at radius 2 is 2.00 bits per heavy atom. The van der Waals surface area contributed by atoms with Gasteiger partial charge in [0.25, 0.3) is 5.97 Å². The van der Waals surface area contributed by atoms with Crippen molar-refractivity contribution in [3.05, 3.63) is 0 Å². The molecule has 0 aromatic heterocycles. The predicted molar refractivity (Wildman–Crippen MR) is 39.5 cm³/mol. The summed E-state index contributed by atoms with van der Waals surface area (Å²) in [5.74, 6) is -1.06. The molecule has 0 radical (unpaired) electrons. The SMILES string of the molecule is CC(=O)O.CN1CC(=O)NC1=O. The van der Waals surface area contributed by atoms with Gasteiger partial charge in [0.05, 0.1) is 0 Å². The monoisotopic (exact) mass is 174 g/mol. The average Bonchev–Trinajstić information content (AvgIpc) is 2.08. The number of carbonyl (C=O) groups excluding carboxylic acids is 2. The van der Waals surface area contributed by atoms with E-state index in [2.05, 4.69) is 5.32 Å². The minimum absolute atomic E-state index is 0.193. The zero-order valence-electron chi connectivity index (χ0n) is 6.83. The van der Waals surface area contributed by atoms with Crippen LogP contribution in [-0.2, 0) is 9.59 Å². The molecular formula is C6H10N2O4. The highest BCUT2D eigenvalue weighted by atomic mass is 16.4. The molecule has 1 fully saturated rings. The molecule has 3 amide bonds. The van der Waals surface area contributed by atoms with Crippen molar-refractivity contribution in [1.82, 2.24) is 10.2 Å². The molecule has 2 N–H and O–H groups in total. The quantitative estimate of drug-likeness (QED) is 0.473. The number of hydrogen-bond acceptors (Lipinski definition) is 3. The fraction of sp³-hybridized carbons (Fsp3) is 0.500. The molecule has 0 aliphatic carbocycles. The molecule has 1 saturated heterocycles. The molecule has 6 nitrogen and oxygen atoms in total. The van der Waals surface area contributed by atoms with Gasteiger partial charge in [0.15, 0.2) is 0 Å². The summed E-state index contributed by atoms with van der Waals surface area (Å²) in [5.41, 5.74) is 0. The van der Waals surface area contributed by atoms with Gasteiger partial charge in [-0.3, -0.25) is 14.9 Å². The van der Waals surface area contributed by atoms with Gasteiger partial charge in [-0.05, 0) is 0 Å². The van der Waals surface area contributed by atoms with Crippen LogP contribution in [0.4, 0.5) is 4.79 Å². The molecule has 1 aliphatic rings. The molecule has 0 bridgehead atoms. The Morgan fingerprint density at radius 3 is 2.08 bits per heavy atom. The maximum atomic E-state index is 10.4.